The Labute approximate surface area is 156 Å². The fourth-order valence-electron chi connectivity index (χ4n) is 4.29. The minimum Gasteiger partial charge on any atom is -0.492 e. The number of hydrogen-bond acceptors (Lipinski definition) is 4. The first-order valence-electron chi connectivity index (χ1n) is 9.87. The molecule has 26 heavy (non-hydrogen) atoms. The van der Waals surface area contributed by atoms with E-state index in [9.17, 15) is 0 Å². The van der Waals surface area contributed by atoms with Crippen molar-refractivity contribution in [2.24, 2.45) is 0 Å². The summed E-state index contributed by atoms with van der Waals surface area (Å²) in [6.07, 6.45) is 8.88. The maximum atomic E-state index is 6.03. The van der Waals surface area contributed by atoms with Crippen LogP contribution in [0.3, 0.4) is 0 Å². The molecule has 0 saturated carbocycles. The molecule has 0 amide bonds. The highest BCUT2D eigenvalue weighted by Gasteiger charge is 2.29. The SMILES string of the molecule is CN(CCOc1ccc2c(c1)CCC2N1CCCC1)Cc1ccncc1. The van der Waals surface area contributed by atoms with Gasteiger partial charge in [-0.2, -0.15) is 0 Å². The van der Waals surface area contributed by atoms with E-state index in [-0.39, 0.29) is 0 Å². The Hall–Kier alpha value is -1.91. The van der Waals surface area contributed by atoms with Crippen LogP contribution in [0.2, 0.25) is 0 Å². The third-order valence-electron chi connectivity index (χ3n) is 5.69. The Bertz CT molecular complexity index is 713. The Morgan fingerprint density at radius 3 is 2.77 bits per heavy atom. The van der Waals surface area contributed by atoms with Gasteiger partial charge in [-0.3, -0.25) is 14.8 Å². The van der Waals surface area contributed by atoms with Gasteiger partial charge in [-0.15, -0.1) is 0 Å². The molecule has 1 atom stereocenters. The third kappa shape index (κ3) is 4.08. The van der Waals surface area contributed by atoms with Crippen LogP contribution in [0.5, 0.6) is 5.75 Å². The van der Waals surface area contributed by atoms with Crippen LogP contribution in [0.25, 0.3) is 0 Å². The van der Waals surface area contributed by atoms with Crippen LogP contribution < -0.4 is 4.74 Å². The highest BCUT2D eigenvalue weighted by molar-refractivity contribution is 5.40. The molecule has 0 N–H and O–H groups in total. The number of rotatable bonds is 7. The number of fused-ring (bicyclic) bond motifs is 1. The van der Waals surface area contributed by atoms with Crippen molar-refractivity contribution in [3.8, 4) is 5.75 Å². The summed E-state index contributed by atoms with van der Waals surface area (Å²) in [6, 6.07) is 11.5. The summed E-state index contributed by atoms with van der Waals surface area (Å²) >= 11 is 0. The van der Waals surface area contributed by atoms with Crippen molar-refractivity contribution in [3.05, 3.63) is 59.4 Å². The molecule has 0 spiro atoms. The molecule has 138 valence electrons. The molecule has 1 aromatic carbocycles. The number of likely N-dealkylation sites (N-methyl/N-ethyl adjacent to an activating group) is 1. The van der Waals surface area contributed by atoms with Crippen LogP contribution in [0, 0.1) is 0 Å². The molecule has 2 aliphatic rings. The zero-order valence-electron chi connectivity index (χ0n) is 15.7. The quantitative estimate of drug-likeness (QED) is 0.761. The molecule has 4 heteroatoms. The number of pyridine rings is 1. The zero-order chi connectivity index (χ0) is 17.8. The third-order valence-corrected chi connectivity index (χ3v) is 5.69. The highest BCUT2D eigenvalue weighted by Crippen LogP contribution is 2.38. The Kier molecular flexibility index (Phi) is 5.51. The topological polar surface area (TPSA) is 28.6 Å². The lowest BCUT2D eigenvalue weighted by molar-refractivity contribution is 0.232. The van der Waals surface area contributed by atoms with Gasteiger partial charge in [-0.1, -0.05) is 6.07 Å². The highest BCUT2D eigenvalue weighted by atomic mass is 16.5. The van der Waals surface area contributed by atoms with Crippen molar-refractivity contribution in [1.29, 1.82) is 0 Å². The number of hydrogen-bond donors (Lipinski definition) is 0. The molecule has 2 heterocycles. The first-order valence-corrected chi connectivity index (χ1v) is 9.87. The number of aromatic nitrogens is 1. The van der Waals surface area contributed by atoms with E-state index in [1.54, 1.807) is 0 Å². The van der Waals surface area contributed by atoms with Crippen molar-refractivity contribution < 1.29 is 4.74 Å². The lowest BCUT2D eigenvalue weighted by atomic mass is 10.1. The second-order valence-corrected chi connectivity index (χ2v) is 7.60. The van der Waals surface area contributed by atoms with Crippen LogP contribution in [0.15, 0.2) is 42.7 Å². The van der Waals surface area contributed by atoms with Gasteiger partial charge in [0.05, 0.1) is 0 Å². The van der Waals surface area contributed by atoms with E-state index in [4.69, 9.17) is 4.74 Å². The zero-order valence-corrected chi connectivity index (χ0v) is 15.7. The van der Waals surface area contributed by atoms with Gasteiger partial charge >= 0.3 is 0 Å². The predicted molar refractivity (Wildman–Crippen MR) is 104 cm³/mol. The second kappa shape index (κ2) is 8.19. The molecule has 4 rings (SSSR count). The smallest absolute Gasteiger partial charge is 0.119 e. The second-order valence-electron chi connectivity index (χ2n) is 7.60. The predicted octanol–water partition coefficient (Wildman–Crippen LogP) is 3.68. The van der Waals surface area contributed by atoms with Gasteiger partial charge in [0.25, 0.3) is 0 Å². The molecule has 1 aromatic heterocycles. The standard InChI is InChI=1S/C22H29N3O/c1-24(17-18-8-10-23-11-9-18)14-15-26-20-5-6-21-19(16-20)4-7-22(21)25-12-2-3-13-25/h5-6,8-11,16,22H,2-4,7,12-15,17H2,1H3. The van der Waals surface area contributed by atoms with E-state index in [1.165, 1.54) is 55.5 Å². The largest absolute Gasteiger partial charge is 0.492 e. The maximum Gasteiger partial charge on any atom is 0.119 e. The van der Waals surface area contributed by atoms with Crippen LogP contribution in [-0.4, -0.2) is 48.1 Å². The van der Waals surface area contributed by atoms with Crippen LogP contribution in [0.1, 0.15) is 42.0 Å². The molecular formula is C22H29N3O. The summed E-state index contributed by atoms with van der Waals surface area (Å²) < 4.78 is 6.03. The maximum absolute atomic E-state index is 6.03. The number of benzene rings is 1. The molecular weight excluding hydrogens is 322 g/mol. The number of ether oxygens (including phenoxy) is 1. The molecule has 2 aromatic rings. The summed E-state index contributed by atoms with van der Waals surface area (Å²) in [7, 11) is 2.13. The number of nitrogens with zero attached hydrogens (tertiary/aromatic N) is 3. The van der Waals surface area contributed by atoms with E-state index >= 15 is 0 Å². The van der Waals surface area contributed by atoms with Crippen molar-refractivity contribution >= 4 is 0 Å². The van der Waals surface area contributed by atoms with E-state index in [0.717, 1.165) is 25.4 Å². The summed E-state index contributed by atoms with van der Waals surface area (Å²) in [5, 5.41) is 0. The lowest BCUT2D eigenvalue weighted by Crippen LogP contribution is -2.24. The van der Waals surface area contributed by atoms with Gasteiger partial charge in [-0.05, 0) is 86.8 Å². The van der Waals surface area contributed by atoms with Crippen molar-refractivity contribution in [1.82, 2.24) is 14.8 Å². The van der Waals surface area contributed by atoms with Crippen molar-refractivity contribution in [3.63, 3.8) is 0 Å². The average molecular weight is 351 g/mol. The number of aryl methyl sites for hydroxylation is 1. The molecule has 1 aliphatic heterocycles. The molecule has 1 unspecified atom stereocenters. The van der Waals surface area contributed by atoms with Gasteiger partial charge < -0.3 is 4.74 Å². The molecule has 1 saturated heterocycles. The summed E-state index contributed by atoms with van der Waals surface area (Å²) in [4.78, 5) is 9.02. The minimum absolute atomic E-state index is 0.646. The molecule has 4 nitrogen and oxygen atoms in total. The molecule has 0 bridgehead atoms. The van der Waals surface area contributed by atoms with Crippen LogP contribution in [0.4, 0.5) is 0 Å². The number of likely N-dealkylation sites (tertiary alicyclic amines) is 1. The van der Waals surface area contributed by atoms with Gasteiger partial charge in [0.15, 0.2) is 0 Å². The summed E-state index contributed by atoms with van der Waals surface area (Å²) in [5.74, 6) is 1.02. The normalized spacial score (nSPS) is 19.8. The van der Waals surface area contributed by atoms with Gasteiger partial charge in [0, 0.05) is 31.5 Å². The molecule has 0 radical (unpaired) electrons. The van der Waals surface area contributed by atoms with Gasteiger partial charge in [0.2, 0.25) is 0 Å². The lowest BCUT2D eigenvalue weighted by Gasteiger charge is -2.24. The molecule has 1 aliphatic carbocycles. The van der Waals surface area contributed by atoms with E-state index in [1.807, 2.05) is 12.4 Å². The first kappa shape index (κ1) is 17.5. The Morgan fingerprint density at radius 2 is 1.96 bits per heavy atom. The Balaban J connectivity index is 1.28. The monoisotopic (exact) mass is 351 g/mol. The Morgan fingerprint density at radius 1 is 1.15 bits per heavy atom. The van der Waals surface area contributed by atoms with Gasteiger partial charge in [0.1, 0.15) is 12.4 Å². The minimum atomic E-state index is 0.646. The average Bonchev–Trinajstić information content (AvgIpc) is 3.31. The van der Waals surface area contributed by atoms with Crippen LogP contribution in [-0.2, 0) is 13.0 Å². The molecule has 1 fully saturated rings. The fourth-order valence-corrected chi connectivity index (χ4v) is 4.29. The van der Waals surface area contributed by atoms with Crippen molar-refractivity contribution in [2.75, 3.05) is 33.3 Å². The van der Waals surface area contributed by atoms with E-state index in [0.29, 0.717) is 6.04 Å². The first-order chi connectivity index (χ1) is 12.8. The fraction of sp³-hybridized carbons (Fsp3) is 0.500. The summed E-state index contributed by atoms with van der Waals surface area (Å²) in [6.45, 7) is 5.09. The summed E-state index contributed by atoms with van der Waals surface area (Å²) in [5.41, 5.74) is 4.31. The van der Waals surface area contributed by atoms with Crippen molar-refractivity contribution in [2.45, 2.75) is 38.3 Å². The van der Waals surface area contributed by atoms with E-state index < -0.39 is 0 Å². The van der Waals surface area contributed by atoms with Crippen LogP contribution >= 0.6 is 0 Å². The van der Waals surface area contributed by atoms with E-state index in [2.05, 4.69) is 52.2 Å². The van der Waals surface area contributed by atoms with Gasteiger partial charge in [-0.25, -0.2) is 0 Å².